The molecule has 0 saturated carbocycles. The van der Waals surface area contributed by atoms with Crippen molar-refractivity contribution in [2.75, 3.05) is 7.11 Å². The van der Waals surface area contributed by atoms with E-state index in [0.29, 0.717) is 0 Å². The van der Waals surface area contributed by atoms with Crippen molar-refractivity contribution in [2.45, 2.75) is 25.4 Å². The van der Waals surface area contributed by atoms with E-state index in [2.05, 4.69) is 12.0 Å². The third-order valence-electron chi connectivity index (χ3n) is 3.14. The second-order valence-electron chi connectivity index (χ2n) is 4.24. The molecule has 4 nitrogen and oxygen atoms in total. The molecule has 18 heavy (non-hydrogen) atoms. The molecule has 0 bridgehead atoms. The van der Waals surface area contributed by atoms with Crippen LogP contribution in [0.1, 0.15) is 24.9 Å². The molecular weight excluding hydrogens is 226 g/mol. The van der Waals surface area contributed by atoms with Gasteiger partial charge in [0.2, 0.25) is 0 Å². The molecule has 2 rings (SSSR count). The van der Waals surface area contributed by atoms with Gasteiger partial charge in [-0.15, -0.1) is 0 Å². The fraction of sp³-hybridized carbons (Fsp3) is 0.357. The number of rotatable bonds is 5. The quantitative estimate of drug-likeness (QED) is 0.878. The first kappa shape index (κ1) is 12.6. The largest absolute Gasteiger partial charge is 0.496 e. The standard InChI is InChI=1S/C14H19N3O/c1-3-12(15)14(17-10-6-9-16-17)11-7-4-5-8-13(11)18-2/h4-10,12,14H,3,15H2,1-2H3. The van der Waals surface area contributed by atoms with E-state index in [4.69, 9.17) is 10.5 Å². The second-order valence-corrected chi connectivity index (χ2v) is 4.24. The van der Waals surface area contributed by atoms with Gasteiger partial charge in [0.05, 0.1) is 13.2 Å². The van der Waals surface area contributed by atoms with Crippen LogP contribution < -0.4 is 10.5 Å². The number of ether oxygens (including phenoxy) is 1. The highest BCUT2D eigenvalue weighted by molar-refractivity contribution is 5.37. The summed E-state index contributed by atoms with van der Waals surface area (Å²) in [4.78, 5) is 0. The van der Waals surface area contributed by atoms with Gasteiger partial charge >= 0.3 is 0 Å². The third-order valence-corrected chi connectivity index (χ3v) is 3.14. The molecule has 2 atom stereocenters. The van der Waals surface area contributed by atoms with E-state index in [-0.39, 0.29) is 12.1 Å². The van der Waals surface area contributed by atoms with Crippen molar-refractivity contribution < 1.29 is 4.74 Å². The average Bonchev–Trinajstić information content (AvgIpc) is 2.93. The molecule has 1 aromatic carbocycles. The van der Waals surface area contributed by atoms with E-state index >= 15 is 0 Å². The van der Waals surface area contributed by atoms with Crippen LogP contribution in [0, 0.1) is 0 Å². The molecule has 2 unspecified atom stereocenters. The maximum atomic E-state index is 6.25. The van der Waals surface area contributed by atoms with E-state index in [1.807, 2.05) is 41.2 Å². The summed E-state index contributed by atoms with van der Waals surface area (Å²) in [5, 5.41) is 4.32. The van der Waals surface area contributed by atoms with E-state index < -0.39 is 0 Å². The fourth-order valence-electron chi connectivity index (χ4n) is 2.15. The molecule has 0 fully saturated rings. The summed E-state index contributed by atoms with van der Waals surface area (Å²) < 4.78 is 7.32. The Morgan fingerprint density at radius 1 is 1.33 bits per heavy atom. The van der Waals surface area contributed by atoms with Crippen molar-refractivity contribution in [3.05, 3.63) is 48.3 Å². The first-order chi connectivity index (χ1) is 8.77. The summed E-state index contributed by atoms with van der Waals surface area (Å²) in [5.41, 5.74) is 7.32. The maximum absolute atomic E-state index is 6.25. The molecule has 0 amide bonds. The molecule has 1 aromatic heterocycles. The van der Waals surface area contributed by atoms with Crippen LogP contribution in [0.25, 0.3) is 0 Å². The van der Waals surface area contributed by atoms with Gasteiger partial charge in [-0.2, -0.15) is 5.10 Å². The Morgan fingerprint density at radius 3 is 2.72 bits per heavy atom. The highest BCUT2D eigenvalue weighted by Gasteiger charge is 2.23. The van der Waals surface area contributed by atoms with E-state index in [1.165, 1.54) is 0 Å². The normalized spacial score (nSPS) is 14.2. The molecule has 2 N–H and O–H groups in total. The predicted octanol–water partition coefficient (Wildman–Crippen LogP) is 2.22. The summed E-state index contributed by atoms with van der Waals surface area (Å²) in [5.74, 6) is 0.849. The van der Waals surface area contributed by atoms with Crippen molar-refractivity contribution in [3.8, 4) is 5.75 Å². The smallest absolute Gasteiger partial charge is 0.124 e. The zero-order valence-electron chi connectivity index (χ0n) is 10.8. The molecule has 2 aromatic rings. The summed E-state index contributed by atoms with van der Waals surface area (Å²) in [6, 6.07) is 9.86. The molecule has 96 valence electrons. The number of methoxy groups -OCH3 is 1. The Hall–Kier alpha value is -1.81. The van der Waals surface area contributed by atoms with Crippen molar-refractivity contribution in [3.63, 3.8) is 0 Å². The predicted molar refractivity (Wildman–Crippen MR) is 71.6 cm³/mol. The van der Waals surface area contributed by atoms with Gasteiger partial charge in [0.1, 0.15) is 5.75 Å². The zero-order valence-corrected chi connectivity index (χ0v) is 10.8. The summed E-state index contributed by atoms with van der Waals surface area (Å²) in [6.07, 6.45) is 4.58. The number of aromatic nitrogens is 2. The van der Waals surface area contributed by atoms with E-state index in [1.54, 1.807) is 13.3 Å². The molecule has 0 aliphatic heterocycles. The molecule has 0 spiro atoms. The number of nitrogens with two attached hydrogens (primary N) is 1. The molecule has 0 aliphatic rings. The van der Waals surface area contributed by atoms with Crippen LogP contribution in [-0.4, -0.2) is 22.9 Å². The van der Waals surface area contributed by atoms with Crippen LogP contribution in [-0.2, 0) is 0 Å². The van der Waals surface area contributed by atoms with Gasteiger partial charge in [-0.25, -0.2) is 0 Å². The number of benzene rings is 1. The van der Waals surface area contributed by atoms with Gasteiger partial charge in [0.25, 0.3) is 0 Å². The highest BCUT2D eigenvalue weighted by atomic mass is 16.5. The Bertz CT molecular complexity index is 482. The third kappa shape index (κ3) is 2.38. The SMILES string of the molecule is CCC(N)C(c1ccccc1OC)n1cccn1. The van der Waals surface area contributed by atoms with Crippen molar-refractivity contribution in [1.29, 1.82) is 0 Å². The van der Waals surface area contributed by atoms with Crippen molar-refractivity contribution >= 4 is 0 Å². The molecular formula is C14H19N3O. The van der Waals surface area contributed by atoms with Crippen LogP contribution in [0.15, 0.2) is 42.7 Å². The lowest BCUT2D eigenvalue weighted by Crippen LogP contribution is -2.33. The minimum Gasteiger partial charge on any atom is -0.496 e. The van der Waals surface area contributed by atoms with Gasteiger partial charge < -0.3 is 10.5 Å². The molecule has 0 saturated heterocycles. The van der Waals surface area contributed by atoms with Gasteiger partial charge in [-0.05, 0) is 18.6 Å². The fourth-order valence-corrected chi connectivity index (χ4v) is 2.15. The van der Waals surface area contributed by atoms with Gasteiger partial charge in [0, 0.05) is 24.0 Å². The number of para-hydroxylation sites is 1. The van der Waals surface area contributed by atoms with Gasteiger partial charge in [-0.3, -0.25) is 4.68 Å². The van der Waals surface area contributed by atoms with Gasteiger partial charge in [0.15, 0.2) is 0 Å². The van der Waals surface area contributed by atoms with Crippen LogP contribution in [0.4, 0.5) is 0 Å². The minimum atomic E-state index is 0.00106. The highest BCUT2D eigenvalue weighted by Crippen LogP contribution is 2.29. The first-order valence-electron chi connectivity index (χ1n) is 6.15. The maximum Gasteiger partial charge on any atom is 0.124 e. The van der Waals surface area contributed by atoms with Crippen molar-refractivity contribution in [1.82, 2.24) is 9.78 Å². The number of hydrogen-bond acceptors (Lipinski definition) is 3. The molecule has 4 heteroatoms. The molecule has 0 aliphatic carbocycles. The van der Waals surface area contributed by atoms with Crippen LogP contribution in [0.5, 0.6) is 5.75 Å². The molecule has 1 heterocycles. The average molecular weight is 245 g/mol. The first-order valence-corrected chi connectivity index (χ1v) is 6.15. The lowest BCUT2D eigenvalue weighted by Gasteiger charge is -2.25. The lowest BCUT2D eigenvalue weighted by molar-refractivity contribution is 0.376. The van der Waals surface area contributed by atoms with Crippen LogP contribution in [0.2, 0.25) is 0 Å². The van der Waals surface area contributed by atoms with Crippen molar-refractivity contribution in [2.24, 2.45) is 5.73 Å². The topological polar surface area (TPSA) is 53.1 Å². The summed E-state index contributed by atoms with van der Waals surface area (Å²) >= 11 is 0. The van der Waals surface area contributed by atoms with E-state index in [9.17, 15) is 0 Å². The monoisotopic (exact) mass is 245 g/mol. The second kappa shape index (κ2) is 5.69. The lowest BCUT2D eigenvalue weighted by atomic mass is 9.97. The summed E-state index contributed by atoms with van der Waals surface area (Å²) in [6.45, 7) is 2.08. The minimum absolute atomic E-state index is 0.00106. The Labute approximate surface area is 107 Å². The Kier molecular flexibility index (Phi) is 3.99. The summed E-state index contributed by atoms with van der Waals surface area (Å²) in [7, 11) is 1.68. The zero-order chi connectivity index (χ0) is 13.0. The Morgan fingerprint density at radius 2 is 2.11 bits per heavy atom. The van der Waals surface area contributed by atoms with Crippen LogP contribution >= 0.6 is 0 Å². The van der Waals surface area contributed by atoms with E-state index in [0.717, 1.165) is 17.7 Å². The van der Waals surface area contributed by atoms with Crippen LogP contribution in [0.3, 0.4) is 0 Å². The number of hydrogen-bond donors (Lipinski definition) is 1. The number of nitrogens with zero attached hydrogens (tertiary/aromatic N) is 2. The Balaban J connectivity index is 2.46. The molecule has 0 radical (unpaired) electrons. The van der Waals surface area contributed by atoms with Gasteiger partial charge in [-0.1, -0.05) is 25.1 Å².